The highest BCUT2D eigenvalue weighted by Crippen LogP contribution is 2.26. The number of carbonyl (C=O) groups is 1. The predicted octanol–water partition coefficient (Wildman–Crippen LogP) is 0.995. The highest BCUT2D eigenvalue weighted by molar-refractivity contribution is 7.10. The van der Waals surface area contributed by atoms with Gasteiger partial charge < -0.3 is 15.4 Å². The average molecular weight is 240 g/mol. The third-order valence-electron chi connectivity index (χ3n) is 2.63. The van der Waals surface area contributed by atoms with Crippen LogP contribution in [0.25, 0.3) is 0 Å². The van der Waals surface area contributed by atoms with Crippen molar-refractivity contribution in [2.24, 2.45) is 5.73 Å². The molecule has 5 heteroatoms. The zero-order valence-electron chi connectivity index (χ0n) is 9.26. The number of rotatable bonds is 2. The summed E-state index contributed by atoms with van der Waals surface area (Å²) in [6.07, 6.45) is 0.0106. The lowest BCUT2D eigenvalue weighted by Crippen LogP contribution is -2.48. The van der Waals surface area contributed by atoms with Crippen LogP contribution in [0.3, 0.4) is 0 Å². The molecule has 0 aromatic carbocycles. The molecule has 16 heavy (non-hydrogen) atoms. The van der Waals surface area contributed by atoms with E-state index >= 15 is 0 Å². The fraction of sp³-hybridized carbons (Fsp3) is 0.545. The summed E-state index contributed by atoms with van der Waals surface area (Å²) in [6.45, 7) is 3.56. The van der Waals surface area contributed by atoms with Crippen molar-refractivity contribution >= 4 is 17.2 Å². The Labute approximate surface area is 99.0 Å². The largest absolute Gasteiger partial charge is 0.369 e. The molecule has 1 aliphatic rings. The Hall–Kier alpha value is -0.910. The van der Waals surface area contributed by atoms with E-state index in [4.69, 9.17) is 10.5 Å². The van der Waals surface area contributed by atoms with Gasteiger partial charge in [0.2, 0.25) is 5.91 Å². The van der Waals surface area contributed by atoms with Crippen LogP contribution < -0.4 is 5.73 Å². The molecule has 2 rings (SSSR count). The zero-order chi connectivity index (χ0) is 11.5. The van der Waals surface area contributed by atoms with E-state index < -0.39 is 6.04 Å². The lowest BCUT2D eigenvalue weighted by atomic mass is 10.2. The number of morpholine rings is 1. The lowest BCUT2D eigenvalue weighted by molar-refractivity contribution is -0.139. The Kier molecular flexibility index (Phi) is 3.58. The molecule has 2 atom stereocenters. The topological polar surface area (TPSA) is 55.6 Å². The molecule has 1 fully saturated rings. The maximum atomic E-state index is 11.8. The highest BCUT2D eigenvalue weighted by atomic mass is 32.1. The SMILES string of the molecule is C[C@H](N)C(=O)N1CCOC(c2cccs2)C1. The third kappa shape index (κ3) is 2.42. The van der Waals surface area contributed by atoms with Crippen LogP contribution >= 0.6 is 11.3 Å². The molecule has 1 aliphatic heterocycles. The lowest BCUT2D eigenvalue weighted by Gasteiger charge is -2.33. The van der Waals surface area contributed by atoms with Crippen LogP contribution in [0, 0.1) is 0 Å². The monoisotopic (exact) mass is 240 g/mol. The molecule has 0 spiro atoms. The number of carbonyl (C=O) groups excluding carboxylic acids is 1. The Morgan fingerprint density at radius 3 is 3.19 bits per heavy atom. The number of ether oxygens (including phenoxy) is 1. The molecule has 1 unspecified atom stereocenters. The summed E-state index contributed by atoms with van der Waals surface area (Å²) in [6, 6.07) is 3.60. The van der Waals surface area contributed by atoms with Crippen LogP contribution in [0.5, 0.6) is 0 Å². The summed E-state index contributed by atoms with van der Waals surface area (Å²) in [7, 11) is 0. The van der Waals surface area contributed by atoms with Crippen molar-refractivity contribution in [2.75, 3.05) is 19.7 Å². The summed E-state index contributed by atoms with van der Waals surface area (Å²) < 4.78 is 5.66. The van der Waals surface area contributed by atoms with Gasteiger partial charge >= 0.3 is 0 Å². The van der Waals surface area contributed by atoms with E-state index in [-0.39, 0.29) is 12.0 Å². The molecule has 2 N–H and O–H groups in total. The van der Waals surface area contributed by atoms with E-state index in [2.05, 4.69) is 0 Å². The predicted molar refractivity (Wildman–Crippen MR) is 63.2 cm³/mol. The molecule has 1 amide bonds. The van der Waals surface area contributed by atoms with E-state index in [0.29, 0.717) is 19.7 Å². The molecular formula is C11H16N2O2S. The second-order valence-electron chi connectivity index (χ2n) is 3.95. The van der Waals surface area contributed by atoms with Gasteiger partial charge in [-0.2, -0.15) is 0 Å². The van der Waals surface area contributed by atoms with E-state index in [1.54, 1.807) is 23.2 Å². The van der Waals surface area contributed by atoms with Gasteiger partial charge in [-0.05, 0) is 18.4 Å². The van der Waals surface area contributed by atoms with Crippen LogP contribution in [-0.2, 0) is 9.53 Å². The van der Waals surface area contributed by atoms with Gasteiger partial charge in [-0.25, -0.2) is 0 Å². The third-order valence-corrected chi connectivity index (χ3v) is 3.59. The van der Waals surface area contributed by atoms with Crippen molar-refractivity contribution in [1.82, 2.24) is 4.90 Å². The minimum atomic E-state index is -0.429. The first-order valence-electron chi connectivity index (χ1n) is 5.38. The number of amides is 1. The van der Waals surface area contributed by atoms with Gasteiger partial charge in [0, 0.05) is 11.4 Å². The quantitative estimate of drug-likeness (QED) is 0.839. The maximum Gasteiger partial charge on any atom is 0.239 e. The van der Waals surface area contributed by atoms with Crippen molar-refractivity contribution in [1.29, 1.82) is 0 Å². The van der Waals surface area contributed by atoms with Gasteiger partial charge in [-0.15, -0.1) is 11.3 Å². The number of hydrogen-bond acceptors (Lipinski definition) is 4. The average Bonchev–Trinajstić information content (AvgIpc) is 2.81. The molecule has 1 aromatic rings. The highest BCUT2D eigenvalue weighted by Gasteiger charge is 2.27. The molecule has 88 valence electrons. The molecular weight excluding hydrogens is 224 g/mol. The molecule has 4 nitrogen and oxygen atoms in total. The standard InChI is InChI=1S/C11H16N2O2S/c1-8(12)11(14)13-4-5-15-9(7-13)10-3-2-6-16-10/h2-3,6,8-9H,4-5,7,12H2,1H3/t8-,9?/m0/s1. The van der Waals surface area contributed by atoms with Gasteiger partial charge in [-0.1, -0.05) is 6.07 Å². The Morgan fingerprint density at radius 1 is 1.75 bits per heavy atom. The van der Waals surface area contributed by atoms with E-state index in [9.17, 15) is 4.79 Å². The second kappa shape index (κ2) is 4.95. The smallest absolute Gasteiger partial charge is 0.239 e. The molecule has 2 heterocycles. The van der Waals surface area contributed by atoms with Crippen LogP contribution in [0.1, 0.15) is 17.9 Å². The first kappa shape index (κ1) is 11.6. The Bertz CT molecular complexity index is 351. The van der Waals surface area contributed by atoms with Gasteiger partial charge in [0.1, 0.15) is 6.10 Å². The molecule has 0 bridgehead atoms. The second-order valence-corrected chi connectivity index (χ2v) is 4.93. The van der Waals surface area contributed by atoms with Crippen molar-refractivity contribution in [2.45, 2.75) is 19.1 Å². The minimum Gasteiger partial charge on any atom is -0.369 e. The van der Waals surface area contributed by atoms with E-state index in [0.717, 1.165) is 0 Å². The van der Waals surface area contributed by atoms with Gasteiger partial charge in [0.15, 0.2) is 0 Å². The van der Waals surface area contributed by atoms with Crippen molar-refractivity contribution in [3.63, 3.8) is 0 Å². The number of hydrogen-bond donors (Lipinski definition) is 1. The maximum absolute atomic E-state index is 11.8. The summed E-state index contributed by atoms with van der Waals surface area (Å²) >= 11 is 1.66. The first-order valence-corrected chi connectivity index (χ1v) is 6.26. The fourth-order valence-electron chi connectivity index (χ4n) is 1.78. The molecule has 0 radical (unpaired) electrons. The van der Waals surface area contributed by atoms with Crippen LogP contribution in [0.4, 0.5) is 0 Å². The van der Waals surface area contributed by atoms with E-state index in [1.807, 2.05) is 17.5 Å². The van der Waals surface area contributed by atoms with Crippen molar-refractivity contribution in [3.05, 3.63) is 22.4 Å². The molecule has 0 aliphatic carbocycles. The van der Waals surface area contributed by atoms with Crippen molar-refractivity contribution in [3.8, 4) is 0 Å². The number of nitrogens with two attached hydrogens (primary N) is 1. The van der Waals surface area contributed by atoms with Crippen LogP contribution in [-0.4, -0.2) is 36.5 Å². The Morgan fingerprint density at radius 2 is 2.56 bits per heavy atom. The minimum absolute atomic E-state index is 0.00450. The van der Waals surface area contributed by atoms with Crippen LogP contribution in [0.2, 0.25) is 0 Å². The van der Waals surface area contributed by atoms with Crippen molar-refractivity contribution < 1.29 is 9.53 Å². The summed E-state index contributed by atoms with van der Waals surface area (Å²) in [5, 5.41) is 2.02. The fourth-order valence-corrected chi connectivity index (χ4v) is 2.55. The van der Waals surface area contributed by atoms with Gasteiger partial charge in [-0.3, -0.25) is 4.79 Å². The number of thiophene rings is 1. The summed E-state index contributed by atoms with van der Waals surface area (Å²) in [5.41, 5.74) is 5.60. The first-order chi connectivity index (χ1) is 7.68. The Balaban J connectivity index is 2.02. The normalized spacial score (nSPS) is 23.1. The molecule has 1 saturated heterocycles. The van der Waals surface area contributed by atoms with E-state index in [1.165, 1.54) is 4.88 Å². The molecule has 1 aromatic heterocycles. The van der Waals surface area contributed by atoms with Crippen LogP contribution in [0.15, 0.2) is 17.5 Å². The number of nitrogens with zero attached hydrogens (tertiary/aromatic N) is 1. The van der Waals surface area contributed by atoms with Gasteiger partial charge in [0.05, 0.1) is 19.2 Å². The zero-order valence-corrected chi connectivity index (χ0v) is 10.1. The van der Waals surface area contributed by atoms with Gasteiger partial charge in [0.25, 0.3) is 0 Å². The summed E-state index contributed by atoms with van der Waals surface area (Å²) in [5.74, 6) is 0.00450. The molecule has 0 saturated carbocycles. The summed E-state index contributed by atoms with van der Waals surface area (Å²) in [4.78, 5) is 14.7.